The molecule has 5 nitrogen and oxygen atoms in total. The smallest absolute Gasteiger partial charge is 0.330 e. The Morgan fingerprint density at radius 2 is 1.55 bits per heavy atom. The lowest BCUT2D eigenvalue weighted by Gasteiger charge is -2.32. The van der Waals surface area contributed by atoms with Gasteiger partial charge in [-0.2, -0.15) is 0 Å². The highest BCUT2D eigenvalue weighted by Crippen LogP contribution is 2.37. The number of hydroxylamine groups is 2. The molecular formula is C17H27NO4. The summed E-state index contributed by atoms with van der Waals surface area (Å²) in [5.41, 5.74) is 0.0495. The minimum atomic E-state index is -0.610. The van der Waals surface area contributed by atoms with Gasteiger partial charge in [0.2, 0.25) is 0 Å². The number of nitrogens with zero attached hydrogens (tertiary/aromatic N) is 1. The van der Waals surface area contributed by atoms with Crippen molar-refractivity contribution >= 4 is 17.8 Å². The first-order valence-electron chi connectivity index (χ1n) is 7.89. The molecule has 0 unspecified atom stereocenters. The average Bonchev–Trinajstić information content (AvgIpc) is 2.76. The van der Waals surface area contributed by atoms with E-state index in [-0.39, 0.29) is 17.3 Å². The monoisotopic (exact) mass is 309 g/mol. The molecule has 0 aliphatic carbocycles. The molecule has 1 aliphatic rings. The molecule has 0 saturated heterocycles. The Morgan fingerprint density at radius 3 is 2.00 bits per heavy atom. The van der Waals surface area contributed by atoms with Gasteiger partial charge in [0.1, 0.15) is 0 Å². The van der Waals surface area contributed by atoms with Crippen LogP contribution >= 0.6 is 0 Å². The zero-order valence-corrected chi connectivity index (χ0v) is 14.3. The number of rotatable bonds is 8. The summed E-state index contributed by atoms with van der Waals surface area (Å²) in [7, 11) is 0. The lowest BCUT2D eigenvalue weighted by molar-refractivity contribution is -0.197. The molecule has 0 aromatic carbocycles. The quantitative estimate of drug-likeness (QED) is 0.645. The van der Waals surface area contributed by atoms with E-state index in [0.717, 1.165) is 37.8 Å². The van der Waals surface area contributed by atoms with Crippen molar-refractivity contribution in [2.45, 2.75) is 66.7 Å². The van der Waals surface area contributed by atoms with Crippen molar-refractivity contribution in [1.82, 2.24) is 5.06 Å². The average molecular weight is 309 g/mol. The second-order valence-electron chi connectivity index (χ2n) is 7.13. The van der Waals surface area contributed by atoms with Gasteiger partial charge in [-0.05, 0) is 23.7 Å². The van der Waals surface area contributed by atoms with E-state index >= 15 is 0 Å². The molecule has 1 heterocycles. The predicted molar refractivity (Wildman–Crippen MR) is 83.4 cm³/mol. The Hall–Kier alpha value is -1.65. The fourth-order valence-corrected chi connectivity index (χ4v) is 2.33. The number of carbonyl (C=O) groups excluding carboxylic acids is 3. The van der Waals surface area contributed by atoms with Crippen molar-refractivity contribution in [3.05, 3.63) is 12.2 Å². The van der Waals surface area contributed by atoms with E-state index in [0.29, 0.717) is 5.06 Å². The Morgan fingerprint density at radius 1 is 1.05 bits per heavy atom. The topological polar surface area (TPSA) is 63.7 Å². The molecule has 0 radical (unpaired) electrons. The highest BCUT2D eigenvalue weighted by atomic mass is 16.7. The number of amides is 2. The molecule has 0 aromatic heterocycles. The van der Waals surface area contributed by atoms with Crippen molar-refractivity contribution in [3.63, 3.8) is 0 Å². The van der Waals surface area contributed by atoms with Gasteiger partial charge in [-0.25, -0.2) is 4.79 Å². The van der Waals surface area contributed by atoms with Crippen LogP contribution in [-0.2, 0) is 19.2 Å². The van der Waals surface area contributed by atoms with Crippen LogP contribution in [0.2, 0.25) is 0 Å². The molecular weight excluding hydrogens is 282 g/mol. The molecule has 5 heteroatoms. The second-order valence-corrected chi connectivity index (χ2v) is 7.13. The van der Waals surface area contributed by atoms with Gasteiger partial charge >= 0.3 is 5.97 Å². The molecule has 0 saturated carbocycles. The Labute approximate surface area is 132 Å². The molecule has 0 N–H and O–H groups in total. The molecule has 1 rings (SSSR count). The molecule has 2 amide bonds. The summed E-state index contributed by atoms with van der Waals surface area (Å²) < 4.78 is 0. The van der Waals surface area contributed by atoms with E-state index in [9.17, 15) is 14.4 Å². The van der Waals surface area contributed by atoms with E-state index in [2.05, 4.69) is 20.8 Å². The second kappa shape index (κ2) is 7.07. The molecule has 0 bridgehead atoms. The third-order valence-electron chi connectivity index (χ3n) is 4.70. The molecule has 22 heavy (non-hydrogen) atoms. The van der Waals surface area contributed by atoms with E-state index < -0.39 is 17.8 Å². The van der Waals surface area contributed by atoms with Gasteiger partial charge in [0.15, 0.2) is 0 Å². The predicted octanol–water partition coefficient (Wildman–Crippen LogP) is 3.39. The van der Waals surface area contributed by atoms with Gasteiger partial charge in [0.05, 0.1) is 6.42 Å². The zero-order valence-electron chi connectivity index (χ0n) is 14.3. The number of carbonyl (C=O) groups is 3. The normalized spacial score (nSPS) is 15.6. The van der Waals surface area contributed by atoms with Gasteiger partial charge in [0.25, 0.3) is 11.8 Å². The fraction of sp³-hybridized carbons (Fsp3) is 0.706. The molecule has 0 spiro atoms. The standard InChI is InChI=1S/C17H27NO4/c1-6-17(5,7-2)11-10-16(3,4)12-15(21)22-18-13(19)8-9-14(18)20/h8-9H,6-7,10-12H2,1-5H3. The molecule has 1 aliphatic heterocycles. The molecule has 124 valence electrons. The molecule has 0 aromatic rings. The minimum Gasteiger partial charge on any atom is -0.330 e. The highest BCUT2D eigenvalue weighted by Gasteiger charge is 2.32. The first-order chi connectivity index (χ1) is 10.1. The molecule has 0 atom stereocenters. The van der Waals surface area contributed by atoms with Crippen LogP contribution in [-0.4, -0.2) is 22.8 Å². The Bertz CT molecular complexity index is 457. The summed E-state index contributed by atoms with van der Waals surface area (Å²) in [5, 5.41) is 0.514. The summed E-state index contributed by atoms with van der Waals surface area (Å²) in [6, 6.07) is 0. The number of hydrogen-bond donors (Lipinski definition) is 0. The van der Waals surface area contributed by atoms with Gasteiger partial charge in [-0.15, -0.1) is 0 Å². The van der Waals surface area contributed by atoms with E-state index in [1.807, 2.05) is 13.8 Å². The Balaban J connectivity index is 2.51. The van der Waals surface area contributed by atoms with Crippen molar-refractivity contribution in [2.24, 2.45) is 10.8 Å². The van der Waals surface area contributed by atoms with E-state index in [1.54, 1.807) is 0 Å². The van der Waals surface area contributed by atoms with Crippen LogP contribution < -0.4 is 0 Å². The summed E-state index contributed by atoms with van der Waals surface area (Å²) in [4.78, 5) is 39.6. The van der Waals surface area contributed by atoms with Crippen LogP contribution in [0.4, 0.5) is 0 Å². The summed E-state index contributed by atoms with van der Waals surface area (Å²) >= 11 is 0. The van der Waals surface area contributed by atoms with Gasteiger partial charge in [-0.3, -0.25) is 9.59 Å². The number of hydrogen-bond acceptors (Lipinski definition) is 4. The summed E-state index contributed by atoms with van der Waals surface area (Å²) in [6.07, 6.45) is 6.49. The maximum absolute atomic E-state index is 12.0. The lowest BCUT2D eigenvalue weighted by Crippen LogP contribution is -2.34. The molecule has 0 fully saturated rings. The largest absolute Gasteiger partial charge is 0.333 e. The fourth-order valence-electron chi connectivity index (χ4n) is 2.33. The third kappa shape index (κ3) is 4.97. The van der Waals surface area contributed by atoms with E-state index in [4.69, 9.17) is 4.84 Å². The van der Waals surface area contributed by atoms with Crippen LogP contribution in [0.25, 0.3) is 0 Å². The first-order valence-corrected chi connectivity index (χ1v) is 7.89. The summed E-state index contributed by atoms with van der Waals surface area (Å²) in [5.74, 6) is -1.77. The SMILES string of the molecule is CCC(C)(CC)CCC(C)(C)CC(=O)ON1C(=O)C=CC1=O. The summed E-state index contributed by atoms with van der Waals surface area (Å²) in [6.45, 7) is 10.6. The maximum Gasteiger partial charge on any atom is 0.333 e. The van der Waals surface area contributed by atoms with Crippen molar-refractivity contribution in [3.8, 4) is 0 Å². The van der Waals surface area contributed by atoms with Crippen molar-refractivity contribution in [1.29, 1.82) is 0 Å². The van der Waals surface area contributed by atoms with Crippen LogP contribution in [0, 0.1) is 10.8 Å². The van der Waals surface area contributed by atoms with Gasteiger partial charge in [0, 0.05) is 12.2 Å². The lowest BCUT2D eigenvalue weighted by atomic mass is 9.74. The maximum atomic E-state index is 12.0. The minimum absolute atomic E-state index is 0.174. The zero-order chi connectivity index (χ0) is 17.0. The van der Waals surface area contributed by atoms with Gasteiger partial charge < -0.3 is 4.84 Å². The van der Waals surface area contributed by atoms with Crippen LogP contribution in [0.1, 0.15) is 66.7 Å². The first kappa shape index (κ1) is 18.4. The van der Waals surface area contributed by atoms with Crippen LogP contribution in [0.15, 0.2) is 12.2 Å². The van der Waals surface area contributed by atoms with Crippen LogP contribution in [0.5, 0.6) is 0 Å². The number of imide groups is 1. The van der Waals surface area contributed by atoms with Gasteiger partial charge in [-0.1, -0.05) is 52.5 Å². The highest BCUT2D eigenvalue weighted by molar-refractivity contribution is 6.12. The van der Waals surface area contributed by atoms with Crippen LogP contribution in [0.3, 0.4) is 0 Å². The third-order valence-corrected chi connectivity index (χ3v) is 4.70. The Kier molecular flexibility index (Phi) is 5.92. The van der Waals surface area contributed by atoms with E-state index in [1.165, 1.54) is 0 Å². The van der Waals surface area contributed by atoms with Crippen molar-refractivity contribution in [2.75, 3.05) is 0 Å². The van der Waals surface area contributed by atoms with Crippen molar-refractivity contribution < 1.29 is 19.2 Å².